The first-order valence-corrected chi connectivity index (χ1v) is 6.79. The molecule has 1 aromatic carbocycles. The predicted molar refractivity (Wildman–Crippen MR) is 84.4 cm³/mol. The van der Waals surface area contributed by atoms with Gasteiger partial charge in [0.15, 0.2) is 0 Å². The number of hydrogen-bond donors (Lipinski definition) is 4. The van der Waals surface area contributed by atoms with Crippen molar-refractivity contribution < 1.29 is 9.59 Å². The zero-order chi connectivity index (χ0) is 14.4. The Morgan fingerprint density at radius 2 is 2.00 bits per heavy atom. The van der Waals surface area contributed by atoms with E-state index in [1.807, 2.05) is 24.3 Å². The molecule has 0 saturated carbocycles. The Labute approximate surface area is 130 Å². The quantitative estimate of drug-likeness (QED) is 0.661. The van der Waals surface area contributed by atoms with Crippen molar-refractivity contribution in [2.24, 2.45) is 5.73 Å². The van der Waals surface area contributed by atoms with Crippen LogP contribution in [0.25, 0.3) is 0 Å². The number of hydrogen-bond acceptors (Lipinski definition) is 3. The Kier molecular flexibility index (Phi) is 6.98. The highest BCUT2D eigenvalue weighted by atomic mass is 35.5. The summed E-state index contributed by atoms with van der Waals surface area (Å²) in [4.78, 5) is 22.4. The van der Waals surface area contributed by atoms with Crippen LogP contribution in [0.2, 0.25) is 0 Å². The molecule has 3 amide bonds. The van der Waals surface area contributed by atoms with E-state index in [-0.39, 0.29) is 18.3 Å². The van der Waals surface area contributed by atoms with Crippen molar-refractivity contribution in [2.45, 2.75) is 31.8 Å². The fourth-order valence-electron chi connectivity index (χ4n) is 2.26. The van der Waals surface area contributed by atoms with Gasteiger partial charge >= 0.3 is 6.03 Å². The van der Waals surface area contributed by atoms with Crippen LogP contribution in [0.5, 0.6) is 0 Å². The fraction of sp³-hybridized carbons (Fsp3) is 0.429. The number of nitrogens with one attached hydrogen (secondary N) is 3. The van der Waals surface area contributed by atoms with Gasteiger partial charge in [-0.1, -0.05) is 12.1 Å². The number of nitrogens with two attached hydrogens (primary N) is 1. The zero-order valence-corrected chi connectivity index (χ0v) is 12.5. The van der Waals surface area contributed by atoms with Gasteiger partial charge in [-0.3, -0.25) is 4.79 Å². The molecule has 1 atom stereocenters. The Morgan fingerprint density at radius 3 is 2.57 bits per heavy atom. The predicted octanol–water partition coefficient (Wildman–Crippen LogP) is 1.36. The van der Waals surface area contributed by atoms with Gasteiger partial charge in [0.2, 0.25) is 5.91 Å². The van der Waals surface area contributed by atoms with Crippen molar-refractivity contribution >= 4 is 30.0 Å². The second-order valence-corrected chi connectivity index (χ2v) is 4.96. The second kappa shape index (κ2) is 8.49. The van der Waals surface area contributed by atoms with Crippen molar-refractivity contribution in [3.63, 3.8) is 0 Å². The van der Waals surface area contributed by atoms with Crippen LogP contribution in [0.3, 0.4) is 0 Å². The molecule has 0 aromatic heterocycles. The van der Waals surface area contributed by atoms with Crippen LogP contribution in [0.15, 0.2) is 24.3 Å². The van der Waals surface area contributed by atoms with E-state index in [1.54, 1.807) is 0 Å². The largest absolute Gasteiger partial charge is 0.352 e. The fourth-order valence-corrected chi connectivity index (χ4v) is 2.26. The third-order valence-electron chi connectivity index (χ3n) is 3.30. The van der Waals surface area contributed by atoms with Crippen molar-refractivity contribution in [2.75, 3.05) is 11.9 Å². The number of rotatable bonds is 5. The summed E-state index contributed by atoms with van der Waals surface area (Å²) in [6.07, 6.45) is 2.70. The molecule has 0 aliphatic carbocycles. The molecule has 0 bridgehead atoms. The van der Waals surface area contributed by atoms with Gasteiger partial charge in [-0.05, 0) is 37.1 Å². The monoisotopic (exact) mass is 312 g/mol. The Balaban J connectivity index is 0.00000220. The minimum atomic E-state index is -0.550. The van der Waals surface area contributed by atoms with E-state index in [2.05, 4.69) is 16.0 Å². The van der Waals surface area contributed by atoms with E-state index < -0.39 is 6.03 Å². The lowest BCUT2D eigenvalue weighted by Gasteiger charge is -2.11. The first kappa shape index (κ1) is 17.3. The highest BCUT2D eigenvalue weighted by Gasteiger charge is 2.17. The van der Waals surface area contributed by atoms with Crippen LogP contribution in [0.1, 0.15) is 24.8 Å². The summed E-state index contributed by atoms with van der Waals surface area (Å²) in [7, 11) is 0. The summed E-state index contributed by atoms with van der Waals surface area (Å²) >= 11 is 0. The van der Waals surface area contributed by atoms with Crippen LogP contribution in [-0.4, -0.2) is 24.5 Å². The number of carbonyl (C=O) groups excluding carboxylic acids is 2. The highest BCUT2D eigenvalue weighted by Crippen LogP contribution is 2.13. The molecular weight excluding hydrogens is 292 g/mol. The van der Waals surface area contributed by atoms with Crippen LogP contribution in [0.4, 0.5) is 10.5 Å². The van der Waals surface area contributed by atoms with Gasteiger partial charge in [0, 0.05) is 24.7 Å². The average Bonchev–Trinajstić information content (AvgIpc) is 2.90. The van der Waals surface area contributed by atoms with Crippen molar-refractivity contribution in [1.82, 2.24) is 10.6 Å². The Bertz CT molecular complexity index is 472. The third-order valence-corrected chi connectivity index (χ3v) is 3.30. The van der Waals surface area contributed by atoms with E-state index in [0.717, 1.165) is 30.6 Å². The van der Waals surface area contributed by atoms with Crippen LogP contribution in [0, 0.1) is 0 Å². The number of benzene rings is 1. The molecular formula is C14H21ClN4O2. The Hall–Kier alpha value is -1.79. The summed E-state index contributed by atoms with van der Waals surface area (Å²) in [6.45, 7) is 1.38. The molecule has 0 spiro atoms. The molecule has 1 aliphatic heterocycles. The standard InChI is InChI=1S/C14H20N4O2.ClH/c15-14(20)17-9-10-3-5-11(6-4-10)18-13(19)8-12-2-1-7-16-12;/h3-6,12,16H,1-2,7-9H2,(H,18,19)(H3,15,17,20);1H. The Morgan fingerprint density at radius 1 is 1.29 bits per heavy atom. The van der Waals surface area contributed by atoms with Gasteiger partial charge in [-0.15, -0.1) is 12.4 Å². The summed E-state index contributed by atoms with van der Waals surface area (Å²) < 4.78 is 0. The average molecular weight is 313 g/mol. The number of anilines is 1. The molecule has 1 saturated heterocycles. The molecule has 1 aromatic rings. The lowest BCUT2D eigenvalue weighted by Crippen LogP contribution is -2.28. The van der Waals surface area contributed by atoms with E-state index >= 15 is 0 Å². The van der Waals surface area contributed by atoms with E-state index in [1.165, 1.54) is 0 Å². The molecule has 7 heteroatoms. The van der Waals surface area contributed by atoms with Crippen molar-refractivity contribution in [3.8, 4) is 0 Å². The van der Waals surface area contributed by atoms with E-state index in [9.17, 15) is 9.59 Å². The van der Waals surface area contributed by atoms with Crippen molar-refractivity contribution in [1.29, 1.82) is 0 Å². The molecule has 0 radical (unpaired) electrons. The van der Waals surface area contributed by atoms with Gasteiger partial charge in [0.25, 0.3) is 0 Å². The molecule has 1 fully saturated rings. The lowest BCUT2D eigenvalue weighted by molar-refractivity contribution is -0.116. The molecule has 1 heterocycles. The maximum atomic E-state index is 11.8. The third kappa shape index (κ3) is 6.01. The number of halogens is 1. The van der Waals surface area contributed by atoms with Crippen LogP contribution >= 0.6 is 12.4 Å². The molecule has 1 aliphatic rings. The van der Waals surface area contributed by atoms with Gasteiger partial charge < -0.3 is 21.7 Å². The molecule has 5 N–H and O–H groups in total. The smallest absolute Gasteiger partial charge is 0.312 e. The lowest BCUT2D eigenvalue weighted by atomic mass is 10.1. The van der Waals surface area contributed by atoms with E-state index in [4.69, 9.17) is 5.73 Å². The first-order chi connectivity index (χ1) is 9.63. The first-order valence-electron chi connectivity index (χ1n) is 6.79. The number of urea groups is 1. The summed E-state index contributed by atoms with van der Waals surface area (Å²) in [6, 6.07) is 7.08. The van der Waals surface area contributed by atoms with Gasteiger partial charge in [0.1, 0.15) is 0 Å². The van der Waals surface area contributed by atoms with Gasteiger partial charge in [0.05, 0.1) is 0 Å². The second-order valence-electron chi connectivity index (χ2n) is 4.96. The van der Waals surface area contributed by atoms with Gasteiger partial charge in [-0.25, -0.2) is 4.79 Å². The summed E-state index contributed by atoms with van der Waals surface area (Å²) in [5.74, 6) is 0.0208. The number of amides is 3. The molecule has 21 heavy (non-hydrogen) atoms. The molecule has 1 unspecified atom stereocenters. The number of primary amides is 1. The van der Waals surface area contributed by atoms with Crippen LogP contribution in [-0.2, 0) is 11.3 Å². The zero-order valence-electron chi connectivity index (χ0n) is 11.7. The normalized spacial score (nSPS) is 16.9. The topological polar surface area (TPSA) is 96.2 Å². The SMILES string of the molecule is Cl.NC(=O)NCc1ccc(NC(=O)CC2CCCN2)cc1. The highest BCUT2D eigenvalue weighted by molar-refractivity contribution is 5.91. The van der Waals surface area contributed by atoms with Crippen LogP contribution < -0.4 is 21.7 Å². The maximum absolute atomic E-state index is 11.8. The molecule has 116 valence electrons. The van der Waals surface area contributed by atoms with Gasteiger partial charge in [-0.2, -0.15) is 0 Å². The molecule has 6 nitrogen and oxygen atoms in total. The number of carbonyl (C=O) groups is 2. The summed E-state index contributed by atoms with van der Waals surface area (Å²) in [5.41, 5.74) is 6.69. The minimum absolute atomic E-state index is 0. The van der Waals surface area contributed by atoms with E-state index in [0.29, 0.717) is 19.0 Å². The minimum Gasteiger partial charge on any atom is -0.352 e. The molecule has 2 rings (SSSR count). The maximum Gasteiger partial charge on any atom is 0.312 e. The summed E-state index contributed by atoms with van der Waals surface area (Å²) in [5, 5.41) is 8.68. The van der Waals surface area contributed by atoms with Crippen molar-refractivity contribution in [3.05, 3.63) is 29.8 Å².